The Bertz CT molecular complexity index is 1270. The largest absolute Gasteiger partial charge is 0.428 e. The number of carbonyl (C=O) groups is 5. The molecule has 4 rings (SSSR count). The van der Waals surface area contributed by atoms with Gasteiger partial charge in [0.25, 0.3) is 11.8 Å². The summed E-state index contributed by atoms with van der Waals surface area (Å²) in [5.41, 5.74) is 8.31. The Balaban J connectivity index is 1.39. The van der Waals surface area contributed by atoms with Crippen LogP contribution in [0.5, 0.6) is 0 Å². The van der Waals surface area contributed by atoms with E-state index in [0.29, 0.717) is 21.8 Å². The van der Waals surface area contributed by atoms with Crippen molar-refractivity contribution in [3.05, 3.63) is 63.7 Å². The molecule has 12 heteroatoms. The molecule has 2 aliphatic rings. The van der Waals surface area contributed by atoms with E-state index in [1.165, 1.54) is 4.90 Å². The molecule has 2 aliphatic heterocycles. The summed E-state index contributed by atoms with van der Waals surface area (Å²) in [6, 6.07) is 9.10. The molecule has 188 valence electrons. The Morgan fingerprint density at radius 3 is 2.67 bits per heavy atom. The van der Waals surface area contributed by atoms with Crippen LogP contribution in [0.4, 0.5) is 15.3 Å². The summed E-state index contributed by atoms with van der Waals surface area (Å²) >= 11 is 6.09. The van der Waals surface area contributed by atoms with Gasteiger partial charge in [-0.1, -0.05) is 29.8 Å². The molecule has 2 aromatic rings. The maximum absolute atomic E-state index is 13.0. The van der Waals surface area contributed by atoms with Gasteiger partial charge in [0, 0.05) is 35.8 Å². The van der Waals surface area contributed by atoms with E-state index >= 15 is 0 Å². The number of likely N-dealkylation sites (tertiary alicyclic amines) is 1. The maximum atomic E-state index is 13.0. The van der Waals surface area contributed by atoms with Crippen LogP contribution in [-0.2, 0) is 27.4 Å². The Morgan fingerprint density at radius 1 is 1.17 bits per heavy atom. The number of benzene rings is 2. The smallest absolute Gasteiger partial charge is 0.406 e. The van der Waals surface area contributed by atoms with Crippen molar-refractivity contribution in [1.29, 1.82) is 0 Å². The number of piperidine rings is 1. The fraction of sp³-hybridized carbons (Fsp3) is 0.292. The Hall–Kier alpha value is -4.12. The first-order valence-electron chi connectivity index (χ1n) is 11.1. The summed E-state index contributed by atoms with van der Waals surface area (Å²) in [6.45, 7) is 1.66. The fourth-order valence-electron chi connectivity index (χ4n) is 4.16. The number of ether oxygens (including phenoxy) is 1. The van der Waals surface area contributed by atoms with E-state index in [-0.39, 0.29) is 31.8 Å². The van der Waals surface area contributed by atoms with Gasteiger partial charge in [0.05, 0.1) is 0 Å². The summed E-state index contributed by atoms with van der Waals surface area (Å²) in [4.78, 5) is 63.4. The van der Waals surface area contributed by atoms with Gasteiger partial charge in [-0.2, -0.15) is 0 Å². The fourth-order valence-corrected chi connectivity index (χ4v) is 4.34. The molecule has 1 atom stereocenters. The van der Waals surface area contributed by atoms with Crippen LogP contribution in [0.2, 0.25) is 5.02 Å². The van der Waals surface area contributed by atoms with Crippen LogP contribution in [0.1, 0.15) is 39.9 Å². The lowest BCUT2D eigenvalue weighted by Crippen LogP contribution is -2.55. The molecule has 0 radical (unpaired) electrons. The molecular weight excluding hydrogens is 490 g/mol. The second-order valence-electron chi connectivity index (χ2n) is 8.50. The lowest BCUT2D eigenvalue weighted by Gasteiger charge is -2.34. The zero-order valence-electron chi connectivity index (χ0n) is 19.4. The van der Waals surface area contributed by atoms with Crippen molar-refractivity contribution in [2.75, 3.05) is 12.0 Å². The number of primary amides is 1. The molecule has 1 unspecified atom stereocenters. The Kier molecular flexibility index (Phi) is 7.11. The van der Waals surface area contributed by atoms with E-state index in [1.807, 2.05) is 6.92 Å². The summed E-state index contributed by atoms with van der Waals surface area (Å²) in [6.07, 6.45) is -0.920. The van der Waals surface area contributed by atoms with E-state index in [1.54, 1.807) is 36.4 Å². The molecule has 0 bridgehead atoms. The van der Waals surface area contributed by atoms with Crippen molar-refractivity contribution in [2.24, 2.45) is 5.73 Å². The second kappa shape index (κ2) is 10.2. The lowest BCUT2D eigenvalue weighted by molar-refractivity contribution is -0.156. The van der Waals surface area contributed by atoms with Gasteiger partial charge in [0.1, 0.15) is 6.04 Å². The second-order valence-corrected chi connectivity index (χ2v) is 8.91. The van der Waals surface area contributed by atoms with Crippen molar-refractivity contribution < 1.29 is 28.7 Å². The van der Waals surface area contributed by atoms with Gasteiger partial charge in [0.2, 0.25) is 5.91 Å². The van der Waals surface area contributed by atoms with Gasteiger partial charge < -0.3 is 26.0 Å². The Labute approximate surface area is 211 Å². The lowest BCUT2D eigenvalue weighted by atomic mass is 10.0. The standard InChI is InChI=1S/C24H24ClN5O6/c1-13-2-4-16(9-18(13)25)28-24(35)27-10-14-3-5-17-15(8-14)11-29(21(17)32)19-6-7-20(31)30(22(19)33)12-36-23(26)34/h2-5,8-9,19H,6-7,10-12H2,1H3,(H2,26,34)(H2,27,28,35). The monoisotopic (exact) mass is 513 g/mol. The average molecular weight is 514 g/mol. The summed E-state index contributed by atoms with van der Waals surface area (Å²) < 4.78 is 4.61. The summed E-state index contributed by atoms with van der Waals surface area (Å²) in [5.74, 6) is -1.45. The molecule has 2 aromatic carbocycles. The van der Waals surface area contributed by atoms with Gasteiger partial charge in [-0.15, -0.1) is 0 Å². The SMILES string of the molecule is Cc1ccc(NC(=O)NCc2ccc3c(c2)CN(C2CCC(=O)N(COC(N)=O)C2=O)C3=O)cc1Cl. The van der Waals surface area contributed by atoms with Crippen LogP contribution in [0, 0.1) is 6.92 Å². The predicted octanol–water partition coefficient (Wildman–Crippen LogP) is 2.50. The van der Waals surface area contributed by atoms with Crippen LogP contribution < -0.4 is 16.4 Å². The molecule has 1 fully saturated rings. The number of halogens is 1. The molecule has 6 amide bonds. The van der Waals surface area contributed by atoms with E-state index in [2.05, 4.69) is 15.4 Å². The first kappa shape index (κ1) is 25.0. The van der Waals surface area contributed by atoms with Gasteiger partial charge in [-0.05, 0) is 48.2 Å². The van der Waals surface area contributed by atoms with Gasteiger partial charge in [-0.3, -0.25) is 14.4 Å². The number of urea groups is 1. The van der Waals surface area contributed by atoms with Crippen molar-refractivity contribution in [1.82, 2.24) is 15.1 Å². The third-order valence-electron chi connectivity index (χ3n) is 6.08. The number of nitrogens with zero attached hydrogens (tertiary/aromatic N) is 2. The van der Waals surface area contributed by atoms with Crippen molar-refractivity contribution in [3.63, 3.8) is 0 Å². The Morgan fingerprint density at radius 2 is 1.94 bits per heavy atom. The van der Waals surface area contributed by atoms with Crippen molar-refractivity contribution >= 4 is 47.1 Å². The number of anilines is 1. The maximum Gasteiger partial charge on any atom is 0.406 e. The molecule has 0 saturated carbocycles. The molecule has 36 heavy (non-hydrogen) atoms. The zero-order chi connectivity index (χ0) is 26.0. The highest BCUT2D eigenvalue weighted by Gasteiger charge is 2.43. The first-order valence-corrected chi connectivity index (χ1v) is 11.5. The number of imide groups is 1. The molecule has 4 N–H and O–H groups in total. The number of hydrogen-bond acceptors (Lipinski definition) is 6. The van der Waals surface area contributed by atoms with Crippen LogP contribution in [0.25, 0.3) is 0 Å². The van der Waals surface area contributed by atoms with Gasteiger partial charge >= 0.3 is 12.1 Å². The minimum Gasteiger partial charge on any atom is -0.428 e. The molecule has 1 saturated heterocycles. The van der Waals surface area contributed by atoms with Crippen LogP contribution in [-0.4, -0.2) is 52.4 Å². The van der Waals surface area contributed by atoms with Gasteiger partial charge in [0.15, 0.2) is 6.73 Å². The highest BCUT2D eigenvalue weighted by Crippen LogP contribution is 2.30. The summed E-state index contributed by atoms with van der Waals surface area (Å²) in [7, 11) is 0. The van der Waals surface area contributed by atoms with Crippen molar-refractivity contribution in [2.45, 2.75) is 38.9 Å². The summed E-state index contributed by atoms with van der Waals surface area (Å²) in [5, 5.41) is 6.02. The van der Waals surface area contributed by atoms with E-state index in [0.717, 1.165) is 16.0 Å². The normalized spacial score (nSPS) is 17.2. The van der Waals surface area contributed by atoms with E-state index < -0.39 is 36.7 Å². The number of rotatable bonds is 6. The number of nitrogens with one attached hydrogen (secondary N) is 2. The van der Waals surface area contributed by atoms with Crippen molar-refractivity contribution in [3.8, 4) is 0 Å². The number of carbonyl (C=O) groups excluding carboxylic acids is 5. The van der Waals surface area contributed by atoms with Crippen LogP contribution in [0.15, 0.2) is 36.4 Å². The number of aryl methyl sites for hydroxylation is 1. The van der Waals surface area contributed by atoms with E-state index in [4.69, 9.17) is 17.3 Å². The quantitative estimate of drug-likeness (QED) is 0.505. The molecule has 0 aliphatic carbocycles. The minimum atomic E-state index is -1.11. The average Bonchev–Trinajstić information content (AvgIpc) is 3.15. The van der Waals surface area contributed by atoms with Crippen LogP contribution in [0.3, 0.4) is 0 Å². The number of amides is 6. The molecular formula is C24H24ClN5O6. The minimum absolute atomic E-state index is 0.0229. The number of hydrogen-bond donors (Lipinski definition) is 3. The number of fused-ring (bicyclic) bond motifs is 1. The highest BCUT2D eigenvalue weighted by atomic mass is 35.5. The third-order valence-corrected chi connectivity index (χ3v) is 6.49. The number of nitrogens with two attached hydrogens (primary N) is 1. The first-order chi connectivity index (χ1) is 17.1. The van der Waals surface area contributed by atoms with Crippen LogP contribution >= 0.6 is 11.6 Å². The topological polar surface area (TPSA) is 151 Å². The molecule has 11 nitrogen and oxygen atoms in total. The van der Waals surface area contributed by atoms with E-state index in [9.17, 15) is 24.0 Å². The molecule has 0 aromatic heterocycles. The third kappa shape index (κ3) is 5.25. The zero-order valence-corrected chi connectivity index (χ0v) is 20.1. The highest BCUT2D eigenvalue weighted by molar-refractivity contribution is 6.31. The molecule has 2 heterocycles. The predicted molar refractivity (Wildman–Crippen MR) is 129 cm³/mol. The molecule has 0 spiro atoms. The van der Waals surface area contributed by atoms with Gasteiger partial charge in [-0.25, -0.2) is 14.5 Å².